The van der Waals surface area contributed by atoms with Gasteiger partial charge in [0.1, 0.15) is 17.2 Å². The fraction of sp³-hybridized carbons (Fsp3) is 0.423. The Bertz CT molecular complexity index is 1120. The summed E-state index contributed by atoms with van der Waals surface area (Å²) in [6.07, 6.45) is 5.63. The van der Waals surface area contributed by atoms with E-state index in [2.05, 4.69) is 57.2 Å². The summed E-state index contributed by atoms with van der Waals surface area (Å²) in [5.74, 6) is 3.54. The first kappa shape index (κ1) is 24.5. The van der Waals surface area contributed by atoms with E-state index in [4.69, 9.17) is 9.73 Å². The van der Waals surface area contributed by atoms with Crippen LogP contribution < -0.4 is 15.4 Å². The number of guanidine groups is 1. The van der Waals surface area contributed by atoms with E-state index in [-0.39, 0.29) is 35.6 Å². The zero-order valence-corrected chi connectivity index (χ0v) is 22.2. The molecule has 1 aliphatic carbocycles. The minimum absolute atomic E-state index is 0. The van der Waals surface area contributed by atoms with Gasteiger partial charge in [-0.3, -0.25) is 0 Å². The lowest BCUT2D eigenvalue weighted by Gasteiger charge is -2.40. The number of para-hydroxylation sites is 1. The molecule has 5 rings (SSSR count). The quantitative estimate of drug-likeness (QED) is 0.261. The Morgan fingerprint density at radius 1 is 1.09 bits per heavy atom. The number of fused-ring (bicyclic) bond motifs is 1. The summed E-state index contributed by atoms with van der Waals surface area (Å²) in [7, 11) is 1.99. The topological polar surface area (TPSA) is 76.4 Å². The van der Waals surface area contributed by atoms with Crippen LogP contribution in [0.1, 0.15) is 60.9 Å². The van der Waals surface area contributed by atoms with Crippen molar-refractivity contribution in [3.8, 4) is 5.75 Å². The molecule has 180 valence electrons. The summed E-state index contributed by atoms with van der Waals surface area (Å²) in [5.41, 5.74) is 2.29. The van der Waals surface area contributed by atoms with Crippen LogP contribution in [-0.2, 0) is 20.1 Å². The number of aryl methyl sites for hydroxylation is 1. The number of aromatic nitrogens is 3. The van der Waals surface area contributed by atoms with E-state index in [0.29, 0.717) is 13.1 Å². The number of halogens is 1. The molecule has 8 heteroatoms. The number of aliphatic imine (C=N–C) groups is 1. The molecule has 2 heterocycles. The SMILES string of the molecule is Cc1nnc(CNC(=NCc2ccccc2)NC2CC3(CCCC3)Oc3ccccc32)n1C.I. The van der Waals surface area contributed by atoms with Crippen molar-refractivity contribution in [2.45, 2.75) is 63.8 Å². The van der Waals surface area contributed by atoms with Crippen molar-refractivity contribution < 1.29 is 4.74 Å². The summed E-state index contributed by atoms with van der Waals surface area (Å²) < 4.78 is 8.55. The Labute approximate surface area is 218 Å². The van der Waals surface area contributed by atoms with Crippen LogP contribution in [0.4, 0.5) is 0 Å². The van der Waals surface area contributed by atoms with Gasteiger partial charge in [0.2, 0.25) is 0 Å². The molecule has 34 heavy (non-hydrogen) atoms. The molecule has 1 aromatic heterocycles. The van der Waals surface area contributed by atoms with Gasteiger partial charge in [-0.25, -0.2) is 4.99 Å². The summed E-state index contributed by atoms with van der Waals surface area (Å²) in [4.78, 5) is 4.92. The molecular weight excluding hydrogens is 539 g/mol. The van der Waals surface area contributed by atoms with Crippen molar-refractivity contribution in [3.63, 3.8) is 0 Å². The maximum absolute atomic E-state index is 6.55. The first-order chi connectivity index (χ1) is 16.1. The van der Waals surface area contributed by atoms with Crippen LogP contribution in [0.5, 0.6) is 5.75 Å². The third kappa shape index (κ3) is 5.37. The number of benzene rings is 2. The van der Waals surface area contributed by atoms with E-state index in [1.54, 1.807) is 0 Å². The maximum Gasteiger partial charge on any atom is 0.192 e. The van der Waals surface area contributed by atoms with E-state index in [0.717, 1.165) is 42.6 Å². The molecule has 1 fully saturated rings. The lowest BCUT2D eigenvalue weighted by Crippen LogP contribution is -2.46. The smallest absolute Gasteiger partial charge is 0.192 e. The Morgan fingerprint density at radius 2 is 1.82 bits per heavy atom. The van der Waals surface area contributed by atoms with E-state index >= 15 is 0 Å². The van der Waals surface area contributed by atoms with Crippen LogP contribution in [0.3, 0.4) is 0 Å². The van der Waals surface area contributed by atoms with Crippen molar-refractivity contribution in [2.75, 3.05) is 0 Å². The summed E-state index contributed by atoms with van der Waals surface area (Å²) in [6.45, 7) is 3.11. The van der Waals surface area contributed by atoms with Crippen molar-refractivity contribution in [1.82, 2.24) is 25.4 Å². The monoisotopic (exact) mass is 572 g/mol. The lowest BCUT2D eigenvalue weighted by molar-refractivity contribution is 0.0396. The number of rotatable bonds is 5. The molecule has 0 saturated heterocycles. The Kier molecular flexibility index (Phi) is 7.75. The largest absolute Gasteiger partial charge is 0.487 e. The molecule has 1 unspecified atom stereocenters. The molecule has 1 saturated carbocycles. The fourth-order valence-electron chi connectivity index (χ4n) is 4.91. The number of nitrogens with zero attached hydrogens (tertiary/aromatic N) is 4. The van der Waals surface area contributed by atoms with E-state index in [1.165, 1.54) is 24.0 Å². The predicted molar refractivity (Wildman–Crippen MR) is 144 cm³/mol. The van der Waals surface area contributed by atoms with Crippen LogP contribution in [-0.4, -0.2) is 26.3 Å². The predicted octanol–water partition coefficient (Wildman–Crippen LogP) is 4.81. The molecule has 1 aliphatic heterocycles. The first-order valence-electron chi connectivity index (χ1n) is 11.8. The molecule has 2 N–H and O–H groups in total. The van der Waals surface area contributed by atoms with Gasteiger partial charge in [-0.05, 0) is 44.2 Å². The molecule has 0 amide bonds. The first-order valence-corrected chi connectivity index (χ1v) is 11.8. The van der Waals surface area contributed by atoms with E-state index < -0.39 is 0 Å². The van der Waals surface area contributed by atoms with Gasteiger partial charge in [0.15, 0.2) is 11.8 Å². The van der Waals surface area contributed by atoms with Gasteiger partial charge in [0, 0.05) is 19.0 Å². The van der Waals surface area contributed by atoms with Crippen molar-refractivity contribution >= 4 is 29.9 Å². The molecule has 2 aliphatic rings. The molecule has 0 radical (unpaired) electrons. The van der Waals surface area contributed by atoms with Gasteiger partial charge in [0.25, 0.3) is 0 Å². The Hall–Kier alpha value is -2.62. The van der Waals surface area contributed by atoms with Gasteiger partial charge in [-0.15, -0.1) is 34.2 Å². The summed E-state index contributed by atoms with van der Waals surface area (Å²) in [5, 5.41) is 15.7. The average molecular weight is 572 g/mol. The zero-order chi connectivity index (χ0) is 22.7. The normalized spacial score (nSPS) is 18.6. The number of hydrogen-bond donors (Lipinski definition) is 2. The van der Waals surface area contributed by atoms with Crippen LogP contribution in [0.15, 0.2) is 59.6 Å². The summed E-state index contributed by atoms with van der Waals surface area (Å²) in [6, 6.07) is 18.9. The Balaban J connectivity index is 0.00000274. The van der Waals surface area contributed by atoms with Gasteiger partial charge < -0.3 is 19.9 Å². The summed E-state index contributed by atoms with van der Waals surface area (Å²) >= 11 is 0. The van der Waals surface area contributed by atoms with Crippen LogP contribution in [0, 0.1) is 6.92 Å². The highest BCUT2D eigenvalue weighted by molar-refractivity contribution is 14.0. The van der Waals surface area contributed by atoms with Crippen LogP contribution in [0.25, 0.3) is 0 Å². The molecule has 1 spiro atoms. The highest BCUT2D eigenvalue weighted by Crippen LogP contribution is 2.46. The molecular formula is C26H33IN6O. The minimum Gasteiger partial charge on any atom is -0.487 e. The second-order valence-electron chi connectivity index (χ2n) is 9.16. The second kappa shape index (κ2) is 10.8. The standard InChI is InChI=1S/C26H32N6O.HI/c1-19-30-31-24(32(19)2)18-28-25(27-17-20-10-4-3-5-11-20)29-22-16-26(14-8-9-15-26)33-23-13-7-6-12-21(22)23;/h3-7,10-13,22H,8-9,14-18H2,1-2H3,(H2,27,28,29);1H. The van der Waals surface area contributed by atoms with E-state index in [9.17, 15) is 0 Å². The third-order valence-electron chi connectivity index (χ3n) is 6.88. The highest BCUT2D eigenvalue weighted by Gasteiger charge is 2.43. The minimum atomic E-state index is -0.0722. The molecule has 0 bridgehead atoms. The van der Waals surface area contributed by atoms with Gasteiger partial charge in [-0.1, -0.05) is 48.5 Å². The van der Waals surface area contributed by atoms with Gasteiger partial charge >= 0.3 is 0 Å². The Morgan fingerprint density at radius 3 is 2.56 bits per heavy atom. The second-order valence-corrected chi connectivity index (χ2v) is 9.16. The number of hydrogen-bond acceptors (Lipinski definition) is 4. The van der Waals surface area contributed by atoms with Crippen molar-refractivity contribution in [1.29, 1.82) is 0 Å². The molecule has 3 aromatic rings. The van der Waals surface area contributed by atoms with Crippen molar-refractivity contribution in [3.05, 3.63) is 77.4 Å². The highest BCUT2D eigenvalue weighted by atomic mass is 127. The zero-order valence-electron chi connectivity index (χ0n) is 19.8. The van der Waals surface area contributed by atoms with Crippen LogP contribution in [0.2, 0.25) is 0 Å². The van der Waals surface area contributed by atoms with Crippen molar-refractivity contribution in [2.24, 2.45) is 12.0 Å². The van der Waals surface area contributed by atoms with E-state index in [1.807, 2.05) is 36.7 Å². The number of ether oxygens (including phenoxy) is 1. The van der Waals surface area contributed by atoms with Gasteiger partial charge in [-0.2, -0.15) is 0 Å². The third-order valence-corrected chi connectivity index (χ3v) is 6.88. The molecule has 2 aromatic carbocycles. The number of nitrogens with one attached hydrogen (secondary N) is 2. The maximum atomic E-state index is 6.55. The average Bonchev–Trinajstić information content (AvgIpc) is 3.42. The molecule has 1 atom stereocenters. The van der Waals surface area contributed by atoms with Crippen LogP contribution >= 0.6 is 24.0 Å². The fourth-order valence-corrected chi connectivity index (χ4v) is 4.91. The molecule has 7 nitrogen and oxygen atoms in total. The van der Waals surface area contributed by atoms with Gasteiger partial charge in [0.05, 0.1) is 19.1 Å². The lowest BCUT2D eigenvalue weighted by atomic mass is 9.86.